The van der Waals surface area contributed by atoms with Crippen LogP contribution in [0, 0.1) is 0 Å². The first-order chi connectivity index (χ1) is 9.17. The Hall–Kier alpha value is -1.62. The van der Waals surface area contributed by atoms with Gasteiger partial charge in [0.1, 0.15) is 0 Å². The lowest BCUT2D eigenvalue weighted by molar-refractivity contribution is 0.217. The molecule has 0 radical (unpaired) electrons. The molecule has 4 nitrogen and oxygen atoms in total. The van der Waals surface area contributed by atoms with Crippen LogP contribution in [0.3, 0.4) is 0 Å². The zero-order valence-electron chi connectivity index (χ0n) is 11.6. The van der Waals surface area contributed by atoms with E-state index in [9.17, 15) is 4.79 Å². The lowest BCUT2D eigenvalue weighted by Gasteiger charge is -2.17. The van der Waals surface area contributed by atoms with Crippen LogP contribution in [-0.4, -0.2) is 29.0 Å². The highest BCUT2D eigenvalue weighted by Gasteiger charge is 2.12. The molecule has 2 rings (SSSR count). The minimum atomic E-state index is -0.0835. The summed E-state index contributed by atoms with van der Waals surface area (Å²) in [7, 11) is 0. The van der Waals surface area contributed by atoms with Crippen LogP contribution in [0.1, 0.15) is 26.3 Å². The highest BCUT2D eigenvalue weighted by Crippen LogP contribution is 2.27. The molecule has 0 unspecified atom stereocenters. The van der Waals surface area contributed by atoms with Gasteiger partial charge in [0.05, 0.1) is 10.2 Å². The van der Waals surface area contributed by atoms with Crippen LogP contribution in [0.2, 0.25) is 0 Å². The van der Waals surface area contributed by atoms with Crippen LogP contribution >= 0.6 is 11.3 Å². The Balaban J connectivity index is 2.19. The molecule has 0 aliphatic carbocycles. The number of aromatic nitrogens is 1. The van der Waals surface area contributed by atoms with Crippen LogP contribution in [-0.2, 0) is 6.42 Å². The minimum Gasteiger partial charge on any atom is -0.325 e. The molecule has 2 aromatic rings. The van der Waals surface area contributed by atoms with E-state index >= 15 is 0 Å². The maximum absolute atomic E-state index is 12.0. The van der Waals surface area contributed by atoms with Gasteiger partial charge in [-0.3, -0.25) is 5.32 Å². The molecule has 0 aliphatic rings. The molecule has 1 aromatic heterocycles. The van der Waals surface area contributed by atoms with E-state index in [1.807, 2.05) is 19.9 Å². The summed E-state index contributed by atoms with van der Waals surface area (Å²) >= 11 is 1.52. The van der Waals surface area contributed by atoms with Crippen molar-refractivity contribution in [3.8, 4) is 0 Å². The molecular weight excluding hydrogens is 258 g/mol. The molecule has 1 heterocycles. The van der Waals surface area contributed by atoms with Crippen molar-refractivity contribution in [2.24, 2.45) is 0 Å². The molecule has 0 saturated heterocycles. The molecule has 0 fully saturated rings. The molecule has 0 atom stereocenters. The predicted molar refractivity (Wildman–Crippen MR) is 80.9 cm³/mol. The molecule has 1 aromatic carbocycles. The zero-order chi connectivity index (χ0) is 13.8. The number of amides is 2. The maximum atomic E-state index is 12.0. The second kappa shape index (κ2) is 6.02. The number of benzene rings is 1. The van der Waals surface area contributed by atoms with Gasteiger partial charge in [-0.25, -0.2) is 9.78 Å². The third-order valence-electron chi connectivity index (χ3n) is 3.13. The third kappa shape index (κ3) is 3.04. The Bertz CT molecular complexity index is 575. The van der Waals surface area contributed by atoms with Gasteiger partial charge in [0.15, 0.2) is 5.13 Å². The van der Waals surface area contributed by atoms with Crippen molar-refractivity contribution in [3.05, 3.63) is 23.8 Å². The number of aryl methyl sites for hydroxylation is 1. The van der Waals surface area contributed by atoms with E-state index in [0.717, 1.165) is 16.6 Å². The first-order valence-electron chi connectivity index (χ1n) is 6.63. The van der Waals surface area contributed by atoms with Crippen LogP contribution in [0.15, 0.2) is 18.2 Å². The standard InChI is InChI=1S/C14H19N3OS/c1-4-10-7-8-11-12(9-10)19-13(15-11)16-14(18)17(5-2)6-3/h7-9H,4-6H2,1-3H3,(H,15,16,18). The number of nitrogens with one attached hydrogen (secondary N) is 1. The second-order valence-electron chi connectivity index (χ2n) is 4.28. The van der Waals surface area contributed by atoms with E-state index in [4.69, 9.17) is 0 Å². The fourth-order valence-electron chi connectivity index (χ4n) is 1.92. The molecule has 0 spiro atoms. The van der Waals surface area contributed by atoms with Gasteiger partial charge in [-0.2, -0.15) is 0 Å². The predicted octanol–water partition coefficient (Wildman–Crippen LogP) is 3.73. The SMILES string of the molecule is CCc1ccc2nc(NC(=O)N(CC)CC)sc2c1. The van der Waals surface area contributed by atoms with Gasteiger partial charge in [0, 0.05) is 13.1 Å². The third-order valence-corrected chi connectivity index (χ3v) is 4.06. The van der Waals surface area contributed by atoms with Crippen molar-refractivity contribution in [3.63, 3.8) is 0 Å². The lowest BCUT2D eigenvalue weighted by atomic mass is 10.2. The Kier molecular flexibility index (Phi) is 4.37. The Morgan fingerprint density at radius 1 is 1.32 bits per heavy atom. The number of rotatable bonds is 4. The van der Waals surface area contributed by atoms with Gasteiger partial charge in [0.25, 0.3) is 0 Å². The van der Waals surface area contributed by atoms with E-state index in [2.05, 4.69) is 29.4 Å². The molecule has 0 saturated carbocycles. The van der Waals surface area contributed by atoms with Crippen molar-refractivity contribution in [2.75, 3.05) is 18.4 Å². The normalized spacial score (nSPS) is 10.7. The molecule has 0 aliphatic heterocycles. The monoisotopic (exact) mass is 277 g/mol. The number of fused-ring (bicyclic) bond motifs is 1. The molecule has 19 heavy (non-hydrogen) atoms. The van der Waals surface area contributed by atoms with E-state index in [0.29, 0.717) is 18.2 Å². The van der Waals surface area contributed by atoms with E-state index < -0.39 is 0 Å². The van der Waals surface area contributed by atoms with Crippen molar-refractivity contribution >= 4 is 32.7 Å². The largest absolute Gasteiger partial charge is 0.325 e. The fourth-order valence-corrected chi connectivity index (χ4v) is 2.84. The van der Waals surface area contributed by atoms with E-state index in [1.54, 1.807) is 4.90 Å². The average molecular weight is 277 g/mol. The maximum Gasteiger partial charge on any atom is 0.323 e. The highest BCUT2D eigenvalue weighted by molar-refractivity contribution is 7.22. The first kappa shape index (κ1) is 13.8. The van der Waals surface area contributed by atoms with Gasteiger partial charge in [-0.05, 0) is 38.0 Å². The van der Waals surface area contributed by atoms with Gasteiger partial charge in [-0.1, -0.05) is 24.3 Å². The smallest absolute Gasteiger partial charge is 0.323 e. The number of hydrogen-bond acceptors (Lipinski definition) is 3. The Morgan fingerprint density at radius 2 is 2.05 bits per heavy atom. The van der Waals surface area contributed by atoms with Crippen molar-refractivity contribution in [1.29, 1.82) is 0 Å². The summed E-state index contributed by atoms with van der Waals surface area (Å²) in [5.74, 6) is 0. The number of thiazole rings is 1. The van der Waals surface area contributed by atoms with Gasteiger partial charge < -0.3 is 4.90 Å². The lowest BCUT2D eigenvalue weighted by Crippen LogP contribution is -2.34. The summed E-state index contributed by atoms with van der Waals surface area (Å²) in [6.07, 6.45) is 1.01. The van der Waals surface area contributed by atoms with Crippen LogP contribution in [0.25, 0.3) is 10.2 Å². The summed E-state index contributed by atoms with van der Waals surface area (Å²) in [4.78, 5) is 18.1. The number of urea groups is 1. The number of nitrogens with zero attached hydrogens (tertiary/aromatic N) is 2. The van der Waals surface area contributed by atoms with Crippen molar-refractivity contribution in [1.82, 2.24) is 9.88 Å². The molecule has 2 amide bonds. The molecule has 0 bridgehead atoms. The Morgan fingerprint density at radius 3 is 2.68 bits per heavy atom. The number of hydrogen-bond donors (Lipinski definition) is 1. The van der Waals surface area contributed by atoms with Gasteiger partial charge in [-0.15, -0.1) is 0 Å². The van der Waals surface area contributed by atoms with Crippen molar-refractivity contribution < 1.29 is 4.79 Å². The molecule has 5 heteroatoms. The zero-order valence-corrected chi connectivity index (χ0v) is 12.4. The minimum absolute atomic E-state index is 0.0835. The average Bonchev–Trinajstić information content (AvgIpc) is 2.80. The topological polar surface area (TPSA) is 45.2 Å². The fraction of sp³-hybridized carbons (Fsp3) is 0.429. The summed E-state index contributed by atoms with van der Waals surface area (Å²) in [6, 6.07) is 6.15. The molecule has 1 N–H and O–H groups in total. The summed E-state index contributed by atoms with van der Waals surface area (Å²) in [6.45, 7) is 7.47. The van der Waals surface area contributed by atoms with Crippen molar-refractivity contribution in [2.45, 2.75) is 27.2 Å². The van der Waals surface area contributed by atoms with Crippen LogP contribution in [0.4, 0.5) is 9.93 Å². The van der Waals surface area contributed by atoms with Gasteiger partial charge in [0.2, 0.25) is 0 Å². The van der Waals surface area contributed by atoms with Crippen LogP contribution < -0.4 is 5.32 Å². The quantitative estimate of drug-likeness (QED) is 0.925. The summed E-state index contributed by atoms with van der Waals surface area (Å²) < 4.78 is 1.12. The number of anilines is 1. The second-order valence-corrected chi connectivity index (χ2v) is 5.31. The summed E-state index contributed by atoms with van der Waals surface area (Å²) in [5, 5.41) is 3.53. The van der Waals surface area contributed by atoms with E-state index in [1.165, 1.54) is 16.9 Å². The molecular formula is C14H19N3OS. The van der Waals surface area contributed by atoms with Crippen LogP contribution in [0.5, 0.6) is 0 Å². The highest BCUT2D eigenvalue weighted by atomic mass is 32.1. The first-order valence-corrected chi connectivity index (χ1v) is 7.45. The number of carbonyl (C=O) groups is 1. The van der Waals surface area contributed by atoms with E-state index in [-0.39, 0.29) is 6.03 Å². The number of carbonyl (C=O) groups excluding carboxylic acids is 1. The van der Waals surface area contributed by atoms with Gasteiger partial charge >= 0.3 is 6.03 Å². The summed E-state index contributed by atoms with van der Waals surface area (Å²) in [5.41, 5.74) is 2.23. The molecule has 102 valence electrons. The Labute approximate surface area is 117 Å².